The fourth-order valence-corrected chi connectivity index (χ4v) is 2.13. The summed E-state index contributed by atoms with van der Waals surface area (Å²) >= 11 is 4.18. The van der Waals surface area contributed by atoms with Gasteiger partial charge < -0.3 is 15.1 Å². The average molecular weight is 236 g/mol. The molecule has 0 heterocycles. The predicted molar refractivity (Wildman–Crippen MR) is 66.3 cm³/mol. The Morgan fingerprint density at radius 3 is 1.87 bits per heavy atom. The van der Waals surface area contributed by atoms with E-state index in [9.17, 15) is 10.2 Å². The van der Waals surface area contributed by atoms with Crippen LogP contribution in [0.5, 0.6) is 0 Å². The van der Waals surface area contributed by atoms with Crippen LogP contribution in [0.1, 0.15) is 13.8 Å². The lowest BCUT2D eigenvalue weighted by molar-refractivity contribution is -0.101. The van der Waals surface area contributed by atoms with Crippen LogP contribution < -0.4 is 0 Å². The zero-order valence-electron chi connectivity index (χ0n) is 10.1. The Hall–Kier alpha value is 0.190. The minimum atomic E-state index is -0.820. The summed E-state index contributed by atoms with van der Waals surface area (Å²) in [6, 6.07) is -0.135. The largest absolute Gasteiger partial charge is 0.387 e. The molecule has 3 atom stereocenters. The highest BCUT2D eigenvalue weighted by Gasteiger charge is 2.29. The highest BCUT2D eigenvalue weighted by atomic mass is 32.1. The first kappa shape index (κ1) is 15.2. The lowest BCUT2D eigenvalue weighted by Gasteiger charge is -2.35. The second-order valence-corrected chi connectivity index (χ2v) is 4.20. The minimum Gasteiger partial charge on any atom is -0.387 e. The van der Waals surface area contributed by atoms with Crippen LogP contribution >= 0.6 is 12.6 Å². The van der Waals surface area contributed by atoms with E-state index in [-0.39, 0.29) is 6.04 Å². The molecule has 0 bridgehead atoms. The monoisotopic (exact) mass is 236 g/mol. The lowest BCUT2D eigenvalue weighted by atomic mass is 10.1. The smallest absolute Gasteiger partial charge is 0.135 e. The molecule has 0 spiro atoms. The van der Waals surface area contributed by atoms with Crippen molar-refractivity contribution < 1.29 is 10.2 Å². The molecule has 0 aliphatic rings. The van der Waals surface area contributed by atoms with Crippen LogP contribution in [0.2, 0.25) is 0 Å². The summed E-state index contributed by atoms with van der Waals surface area (Å²) in [5.74, 6) is 0.520. The van der Waals surface area contributed by atoms with Crippen LogP contribution in [-0.2, 0) is 0 Å². The van der Waals surface area contributed by atoms with Gasteiger partial charge in [0.1, 0.15) is 12.3 Å². The van der Waals surface area contributed by atoms with Gasteiger partial charge in [0.2, 0.25) is 0 Å². The Labute approximate surface area is 98.3 Å². The molecule has 5 heteroatoms. The third kappa shape index (κ3) is 4.28. The minimum absolute atomic E-state index is 0.135. The van der Waals surface area contributed by atoms with Gasteiger partial charge in [-0.3, -0.25) is 4.90 Å². The summed E-state index contributed by atoms with van der Waals surface area (Å²) < 4.78 is 0. The maximum absolute atomic E-state index is 10.00. The first-order chi connectivity index (χ1) is 6.99. The number of likely N-dealkylation sites (N-methyl/N-ethyl adjacent to an activating group) is 2. The van der Waals surface area contributed by atoms with Gasteiger partial charge in [-0.05, 0) is 27.2 Å². The van der Waals surface area contributed by atoms with Gasteiger partial charge in [-0.2, -0.15) is 12.6 Å². The van der Waals surface area contributed by atoms with Gasteiger partial charge in [-0.1, -0.05) is 13.8 Å². The maximum Gasteiger partial charge on any atom is 0.135 e. The molecule has 3 unspecified atom stereocenters. The van der Waals surface area contributed by atoms with Crippen molar-refractivity contribution in [3.05, 3.63) is 0 Å². The van der Waals surface area contributed by atoms with Gasteiger partial charge in [-0.15, -0.1) is 0 Å². The molecular weight excluding hydrogens is 212 g/mol. The van der Waals surface area contributed by atoms with Crippen LogP contribution in [0, 0.1) is 0 Å². The first-order valence-electron chi connectivity index (χ1n) is 5.37. The molecule has 0 fully saturated rings. The fraction of sp³-hybridized carbons (Fsp3) is 1.00. The van der Waals surface area contributed by atoms with Crippen LogP contribution in [-0.4, -0.2) is 71.3 Å². The van der Waals surface area contributed by atoms with Crippen LogP contribution in [0.15, 0.2) is 0 Å². The molecule has 4 nitrogen and oxygen atoms in total. The summed E-state index contributed by atoms with van der Waals surface area (Å²) in [6.07, 6.45) is -1.61. The molecule has 2 N–H and O–H groups in total. The van der Waals surface area contributed by atoms with Crippen molar-refractivity contribution in [3.63, 3.8) is 0 Å². The van der Waals surface area contributed by atoms with Crippen molar-refractivity contribution >= 4 is 12.6 Å². The van der Waals surface area contributed by atoms with E-state index < -0.39 is 12.3 Å². The van der Waals surface area contributed by atoms with Crippen molar-refractivity contribution in [1.29, 1.82) is 0 Å². The Balaban J connectivity index is 4.44. The summed E-state index contributed by atoms with van der Waals surface area (Å²) in [4.78, 5) is 3.70. The van der Waals surface area contributed by atoms with Crippen LogP contribution in [0.4, 0.5) is 0 Å². The Kier molecular flexibility index (Phi) is 7.56. The molecule has 0 aromatic heterocycles. The molecule has 0 aliphatic heterocycles. The first-order valence-corrected chi connectivity index (χ1v) is 6.00. The van der Waals surface area contributed by atoms with Crippen LogP contribution in [0.25, 0.3) is 0 Å². The van der Waals surface area contributed by atoms with E-state index in [0.29, 0.717) is 5.75 Å². The lowest BCUT2D eigenvalue weighted by Crippen LogP contribution is -2.53. The third-order valence-corrected chi connectivity index (χ3v) is 3.11. The number of nitrogens with zero attached hydrogens (tertiary/aromatic N) is 2. The van der Waals surface area contributed by atoms with E-state index in [2.05, 4.69) is 12.6 Å². The summed E-state index contributed by atoms with van der Waals surface area (Å²) in [5, 5.41) is 19.9. The number of rotatable bonds is 7. The Morgan fingerprint density at radius 2 is 1.60 bits per heavy atom. The van der Waals surface area contributed by atoms with Crippen molar-refractivity contribution in [2.75, 3.05) is 32.9 Å². The molecule has 0 aliphatic carbocycles. The second kappa shape index (κ2) is 7.46. The van der Waals surface area contributed by atoms with E-state index in [4.69, 9.17) is 0 Å². The topological polar surface area (TPSA) is 46.9 Å². The van der Waals surface area contributed by atoms with E-state index >= 15 is 0 Å². The standard InChI is InChI=1S/C10H24N2O2S/c1-5-12(6-2)10(14)9(13)8(7-15)11(3)4/h8-10,13-15H,5-7H2,1-4H3. The van der Waals surface area contributed by atoms with Gasteiger partial charge in [0.25, 0.3) is 0 Å². The average Bonchev–Trinajstić information content (AvgIpc) is 2.19. The predicted octanol–water partition coefficient (Wildman–Crippen LogP) is -0.133. The molecule has 15 heavy (non-hydrogen) atoms. The molecular formula is C10H24N2O2S. The normalized spacial score (nSPS) is 18.2. The summed E-state index contributed by atoms with van der Waals surface area (Å²) in [5.41, 5.74) is 0. The van der Waals surface area contributed by atoms with E-state index in [1.165, 1.54) is 0 Å². The van der Waals surface area contributed by atoms with E-state index in [0.717, 1.165) is 13.1 Å². The van der Waals surface area contributed by atoms with Crippen molar-refractivity contribution in [2.45, 2.75) is 32.2 Å². The molecule has 0 aromatic carbocycles. The summed E-state index contributed by atoms with van der Waals surface area (Å²) in [6.45, 7) is 5.37. The summed E-state index contributed by atoms with van der Waals surface area (Å²) in [7, 11) is 3.75. The Morgan fingerprint density at radius 1 is 1.13 bits per heavy atom. The maximum atomic E-state index is 10.00. The van der Waals surface area contributed by atoms with Crippen molar-refractivity contribution in [3.8, 4) is 0 Å². The van der Waals surface area contributed by atoms with E-state index in [1.54, 1.807) is 0 Å². The number of aliphatic hydroxyl groups is 2. The highest BCUT2D eigenvalue weighted by molar-refractivity contribution is 7.80. The number of hydrogen-bond acceptors (Lipinski definition) is 5. The van der Waals surface area contributed by atoms with Gasteiger partial charge in [0, 0.05) is 11.8 Å². The number of aliphatic hydroxyl groups excluding tert-OH is 2. The molecule has 0 amide bonds. The zero-order chi connectivity index (χ0) is 12.0. The quantitative estimate of drug-likeness (QED) is 0.426. The van der Waals surface area contributed by atoms with Crippen molar-refractivity contribution in [2.24, 2.45) is 0 Å². The van der Waals surface area contributed by atoms with Gasteiger partial charge in [-0.25, -0.2) is 0 Å². The van der Waals surface area contributed by atoms with Gasteiger partial charge >= 0.3 is 0 Å². The third-order valence-electron chi connectivity index (χ3n) is 2.74. The van der Waals surface area contributed by atoms with Crippen LogP contribution in [0.3, 0.4) is 0 Å². The number of thiol groups is 1. The second-order valence-electron chi connectivity index (χ2n) is 3.84. The fourth-order valence-electron chi connectivity index (χ4n) is 1.59. The molecule has 92 valence electrons. The zero-order valence-corrected chi connectivity index (χ0v) is 11.0. The highest BCUT2D eigenvalue weighted by Crippen LogP contribution is 2.10. The SMILES string of the molecule is CCN(CC)C(O)C(O)C(CS)N(C)C. The molecule has 0 saturated heterocycles. The van der Waals surface area contributed by atoms with E-state index in [1.807, 2.05) is 37.7 Å². The molecule has 0 aromatic rings. The molecule has 0 radical (unpaired) electrons. The molecule has 0 rings (SSSR count). The van der Waals surface area contributed by atoms with Crippen molar-refractivity contribution in [1.82, 2.24) is 9.80 Å². The number of hydrogen-bond donors (Lipinski definition) is 3. The Bertz CT molecular complexity index is 166. The molecule has 0 saturated carbocycles. The van der Waals surface area contributed by atoms with Gasteiger partial charge in [0.15, 0.2) is 0 Å². The van der Waals surface area contributed by atoms with Gasteiger partial charge in [0.05, 0.1) is 0 Å².